The molecule has 0 unspecified atom stereocenters. The lowest BCUT2D eigenvalue weighted by Crippen LogP contribution is -2.32. The number of anilines is 2. The molecule has 0 spiro atoms. The Morgan fingerprint density at radius 1 is 1.42 bits per heavy atom. The minimum atomic E-state index is -2.49. The number of alkyl halides is 2. The monoisotopic (exact) mass is 274 g/mol. The smallest absolute Gasteiger partial charge is 0.255 e. The molecule has 19 heavy (non-hydrogen) atoms. The van der Waals surface area contributed by atoms with Crippen LogP contribution in [0.2, 0.25) is 0 Å². The molecule has 0 aliphatic rings. The normalized spacial score (nSPS) is 10.8. The van der Waals surface area contributed by atoms with Crippen LogP contribution in [0.25, 0.3) is 0 Å². The number of aliphatic hydroxyl groups is 1. The number of halogens is 2. The molecule has 0 radical (unpaired) electrons. The van der Waals surface area contributed by atoms with E-state index in [2.05, 4.69) is 0 Å². The molecule has 0 saturated heterocycles. The van der Waals surface area contributed by atoms with Crippen LogP contribution in [-0.2, 0) is 0 Å². The lowest BCUT2D eigenvalue weighted by atomic mass is 10.2. The molecule has 0 aliphatic heterocycles. The molecule has 0 aromatic heterocycles. The number of benzene rings is 1. The van der Waals surface area contributed by atoms with Gasteiger partial charge in [-0.05, 0) is 18.6 Å². The van der Waals surface area contributed by atoms with Crippen molar-refractivity contribution >= 4 is 11.4 Å². The lowest BCUT2D eigenvalue weighted by molar-refractivity contribution is 0.153. The Bertz CT molecular complexity index is 389. The number of nitrogens with zero attached hydrogens (tertiary/aromatic N) is 1. The molecule has 1 aromatic rings. The first kappa shape index (κ1) is 15.5. The van der Waals surface area contributed by atoms with E-state index in [0.29, 0.717) is 23.7 Å². The maximum atomic E-state index is 12.5. The van der Waals surface area contributed by atoms with Crippen molar-refractivity contribution in [3.05, 3.63) is 18.2 Å². The number of para-hydroxylation sites is 1. The predicted octanol–water partition coefficient (Wildman–Crippen LogP) is 2.12. The molecule has 0 aliphatic carbocycles. The van der Waals surface area contributed by atoms with Crippen molar-refractivity contribution in [2.45, 2.75) is 19.8 Å². The van der Waals surface area contributed by atoms with E-state index in [1.54, 1.807) is 18.2 Å². The maximum Gasteiger partial charge on any atom is 0.255 e. The summed E-state index contributed by atoms with van der Waals surface area (Å²) >= 11 is 0. The third-order valence-electron chi connectivity index (χ3n) is 2.57. The van der Waals surface area contributed by atoms with Crippen LogP contribution in [0.4, 0.5) is 20.2 Å². The molecule has 1 aromatic carbocycles. The van der Waals surface area contributed by atoms with Gasteiger partial charge in [0.2, 0.25) is 0 Å². The van der Waals surface area contributed by atoms with Crippen molar-refractivity contribution in [3.8, 4) is 5.75 Å². The Morgan fingerprint density at radius 2 is 2.16 bits per heavy atom. The highest BCUT2D eigenvalue weighted by atomic mass is 19.3. The van der Waals surface area contributed by atoms with Gasteiger partial charge in [0.1, 0.15) is 5.75 Å². The summed E-state index contributed by atoms with van der Waals surface area (Å²) in [5.41, 5.74) is 6.72. The Morgan fingerprint density at radius 3 is 2.74 bits per heavy atom. The van der Waals surface area contributed by atoms with Gasteiger partial charge in [0.25, 0.3) is 6.43 Å². The number of rotatable bonds is 8. The van der Waals surface area contributed by atoms with E-state index >= 15 is 0 Å². The molecule has 0 atom stereocenters. The van der Waals surface area contributed by atoms with E-state index in [9.17, 15) is 8.78 Å². The first-order valence-electron chi connectivity index (χ1n) is 6.25. The maximum absolute atomic E-state index is 12.5. The van der Waals surface area contributed by atoms with Crippen LogP contribution in [0.1, 0.15) is 13.3 Å². The Hall–Kier alpha value is -1.56. The minimum absolute atomic E-state index is 0.103. The zero-order valence-electron chi connectivity index (χ0n) is 11.0. The van der Waals surface area contributed by atoms with Crippen LogP contribution < -0.4 is 15.4 Å². The summed E-state index contributed by atoms with van der Waals surface area (Å²) in [7, 11) is 0. The molecule has 1 rings (SSSR count). The van der Waals surface area contributed by atoms with Gasteiger partial charge < -0.3 is 20.5 Å². The van der Waals surface area contributed by atoms with Crippen LogP contribution in [0.5, 0.6) is 5.75 Å². The van der Waals surface area contributed by atoms with Crippen LogP contribution in [-0.4, -0.2) is 37.8 Å². The average molecular weight is 274 g/mol. The molecule has 0 bridgehead atoms. The van der Waals surface area contributed by atoms with Gasteiger partial charge in [-0.25, -0.2) is 8.78 Å². The van der Waals surface area contributed by atoms with Crippen molar-refractivity contribution in [3.63, 3.8) is 0 Å². The molecule has 0 fully saturated rings. The van der Waals surface area contributed by atoms with Crippen LogP contribution in [0.15, 0.2) is 18.2 Å². The van der Waals surface area contributed by atoms with Crippen molar-refractivity contribution in [1.82, 2.24) is 0 Å². The first-order valence-corrected chi connectivity index (χ1v) is 6.25. The van der Waals surface area contributed by atoms with Gasteiger partial charge in [-0.2, -0.15) is 0 Å². The van der Waals surface area contributed by atoms with E-state index in [0.717, 1.165) is 6.42 Å². The third kappa shape index (κ3) is 4.55. The van der Waals surface area contributed by atoms with E-state index in [1.807, 2.05) is 6.92 Å². The highest BCUT2D eigenvalue weighted by Gasteiger charge is 2.16. The Labute approximate surface area is 111 Å². The summed E-state index contributed by atoms with van der Waals surface area (Å²) in [6.07, 6.45) is -1.66. The van der Waals surface area contributed by atoms with Gasteiger partial charge in [0, 0.05) is 6.54 Å². The lowest BCUT2D eigenvalue weighted by Gasteiger charge is -2.25. The zero-order valence-corrected chi connectivity index (χ0v) is 11.0. The highest BCUT2D eigenvalue weighted by molar-refractivity contribution is 5.74. The Kier molecular flexibility index (Phi) is 6.35. The third-order valence-corrected chi connectivity index (χ3v) is 2.57. The summed E-state index contributed by atoms with van der Waals surface area (Å²) in [5.74, 6) is 0.483. The SMILES string of the molecule is CCCOc1cccc(N(CCO)CC(F)F)c1N. The molecule has 6 heteroatoms. The number of hydrogen-bond donors (Lipinski definition) is 2. The minimum Gasteiger partial charge on any atom is -0.491 e. The number of hydrogen-bond acceptors (Lipinski definition) is 4. The number of nitrogens with two attached hydrogens (primary N) is 1. The van der Waals surface area contributed by atoms with Crippen molar-refractivity contribution in [2.75, 3.05) is 36.9 Å². The van der Waals surface area contributed by atoms with Gasteiger partial charge in [-0.1, -0.05) is 13.0 Å². The molecule has 0 amide bonds. The van der Waals surface area contributed by atoms with Gasteiger partial charge >= 0.3 is 0 Å². The molecule has 0 heterocycles. The van der Waals surface area contributed by atoms with Crippen LogP contribution >= 0.6 is 0 Å². The quantitative estimate of drug-likeness (QED) is 0.713. The number of aliphatic hydroxyl groups excluding tert-OH is 1. The summed E-state index contributed by atoms with van der Waals surface area (Å²) < 4.78 is 30.5. The fourth-order valence-electron chi connectivity index (χ4n) is 1.74. The zero-order chi connectivity index (χ0) is 14.3. The second-order valence-corrected chi connectivity index (χ2v) is 4.10. The van der Waals surface area contributed by atoms with Crippen LogP contribution in [0.3, 0.4) is 0 Å². The molecular formula is C13H20F2N2O2. The fourth-order valence-corrected chi connectivity index (χ4v) is 1.74. The molecule has 108 valence electrons. The topological polar surface area (TPSA) is 58.7 Å². The molecule has 4 nitrogen and oxygen atoms in total. The average Bonchev–Trinajstić information content (AvgIpc) is 2.36. The van der Waals surface area contributed by atoms with E-state index < -0.39 is 13.0 Å². The van der Waals surface area contributed by atoms with E-state index in [-0.39, 0.29) is 13.2 Å². The molecule has 3 N–H and O–H groups in total. The van der Waals surface area contributed by atoms with E-state index in [4.69, 9.17) is 15.6 Å². The Balaban J connectivity index is 2.95. The summed E-state index contributed by atoms with van der Waals surface area (Å²) in [6.45, 7) is 1.90. The summed E-state index contributed by atoms with van der Waals surface area (Å²) in [4.78, 5) is 1.36. The first-order chi connectivity index (χ1) is 9.10. The summed E-state index contributed by atoms with van der Waals surface area (Å²) in [5, 5.41) is 8.95. The van der Waals surface area contributed by atoms with Crippen molar-refractivity contribution in [2.24, 2.45) is 0 Å². The van der Waals surface area contributed by atoms with E-state index in [1.165, 1.54) is 4.90 Å². The van der Waals surface area contributed by atoms with Crippen LogP contribution in [0, 0.1) is 0 Å². The second-order valence-electron chi connectivity index (χ2n) is 4.10. The van der Waals surface area contributed by atoms with Crippen molar-refractivity contribution < 1.29 is 18.6 Å². The van der Waals surface area contributed by atoms with Gasteiger partial charge in [-0.15, -0.1) is 0 Å². The van der Waals surface area contributed by atoms with Gasteiger partial charge in [0.15, 0.2) is 0 Å². The number of nitrogen functional groups attached to an aromatic ring is 1. The molecule has 0 saturated carbocycles. The van der Waals surface area contributed by atoms with Gasteiger partial charge in [0.05, 0.1) is 31.1 Å². The van der Waals surface area contributed by atoms with Gasteiger partial charge in [-0.3, -0.25) is 0 Å². The largest absolute Gasteiger partial charge is 0.491 e. The highest BCUT2D eigenvalue weighted by Crippen LogP contribution is 2.32. The summed E-state index contributed by atoms with van der Waals surface area (Å²) in [6, 6.07) is 5.05. The fraction of sp³-hybridized carbons (Fsp3) is 0.538. The second kappa shape index (κ2) is 7.78. The standard InChI is InChI=1S/C13H20F2N2O2/c1-2-8-19-11-5-3-4-10(13(11)16)17(6-7-18)9-12(14)15/h3-5,12,18H,2,6-9,16H2,1H3. The van der Waals surface area contributed by atoms with Crippen molar-refractivity contribution in [1.29, 1.82) is 0 Å². The molecular weight excluding hydrogens is 254 g/mol. The number of ether oxygens (including phenoxy) is 1. The predicted molar refractivity (Wildman–Crippen MR) is 71.9 cm³/mol.